The number of hydrogen-bond donors (Lipinski definition) is 0. The summed E-state index contributed by atoms with van der Waals surface area (Å²) >= 11 is 8.13. The summed E-state index contributed by atoms with van der Waals surface area (Å²) in [4.78, 5) is 6.10. The van der Waals surface area contributed by atoms with Crippen molar-refractivity contribution in [1.82, 2.24) is 29.6 Å². The van der Waals surface area contributed by atoms with Gasteiger partial charge < -0.3 is 4.57 Å². The Labute approximate surface area is 259 Å². The van der Waals surface area contributed by atoms with Gasteiger partial charge in [0, 0.05) is 28.0 Å². The molecule has 212 valence electrons. The first-order valence-corrected chi connectivity index (χ1v) is 15.3. The third-order valence-corrected chi connectivity index (χ3v) is 9.14. The van der Waals surface area contributed by atoms with Crippen molar-refractivity contribution in [2.45, 2.75) is 36.7 Å². The Kier molecular flexibility index (Phi) is 7.00. The fourth-order valence-corrected chi connectivity index (χ4v) is 7.09. The number of aromatic nitrogens is 6. The van der Waals surface area contributed by atoms with E-state index in [1.165, 1.54) is 27.1 Å². The summed E-state index contributed by atoms with van der Waals surface area (Å²) in [5.74, 6) is -0.0483. The number of nitrogens with zero attached hydrogens (tertiary/aromatic N) is 6. The van der Waals surface area contributed by atoms with Crippen molar-refractivity contribution in [3.63, 3.8) is 0 Å². The molecule has 1 unspecified atom stereocenters. The molecular weight excluding hydrogens is 572 g/mol. The van der Waals surface area contributed by atoms with Crippen molar-refractivity contribution in [2.75, 3.05) is 0 Å². The van der Waals surface area contributed by atoms with Crippen LogP contribution in [0, 0.1) is 20.8 Å². The Bertz CT molecular complexity index is 2110. The second-order valence-electron chi connectivity index (χ2n) is 11.1. The van der Waals surface area contributed by atoms with Crippen LogP contribution in [0.1, 0.15) is 39.4 Å². The second-order valence-corrected chi connectivity index (χ2v) is 12.6. The third-order valence-electron chi connectivity index (χ3n) is 7.87. The lowest BCUT2D eigenvalue weighted by Gasteiger charge is -2.21. The molecule has 0 bridgehead atoms. The molecule has 0 radical (unpaired) electrons. The minimum atomic E-state index is -0.0483. The van der Waals surface area contributed by atoms with Gasteiger partial charge in [-0.1, -0.05) is 77.5 Å². The summed E-state index contributed by atoms with van der Waals surface area (Å²) in [6.07, 6.45) is 2.02. The molecule has 0 amide bonds. The van der Waals surface area contributed by atoms with E-state index in [0.717, 1.165) is 38.4 Å². The number of halogens is 1. The Morgan fingerprint density at radius 1 is 0.791 bits per heavy atom. The Morgan fingerprint density at radius 2 is 1.56 bits per heavy atom. The maximum absolute atomic E-state index is 6.44. The number of aryl methyl sites for hydroxylation is 3. The van der Waals surface area contributed by atoms with Gasteiger partial charge in [0.25, 0.3) is 0 Å². The van der Waals surface area contributed by atoms with E-state index in [0.29, 0.717) is 10.7 Å². The molecule has 7 rings (SSSR count). The van der Waals surface area contributed by atoms with Crippen LogP contribution in [0.5, 0.6) is 0 Å². The first kappa shape index (κ1) is 27.4. The van der Waals surface area contributed by atoms with Gasteiger partial charge in [0.05, 0.1) is 17.6 Å². The smallest absolute Gasteiger partial charge is 0.180 e. The molecule has 0 aliphatic carbocycles. The van der Waals surface area contributed by atoms with Gasteiger partial charge in [-0.15, -0.1) is 5.10 Å². The van der Waals surface area contributed by atoms with E-state index >= 15 is 0 Å². The number of fused-ring (bicyclic) bond motifs is 3. The summed E-state index contributed by atoms with van der Waals surface area (Å²) in [5.41, 5.74) is 10.8. The summed E-state index contributed by atoms with van der Waals surface area (Å²) in [6.45, 7) is 6.38. The maximum Gasteiger partial charge on any atom is 0.180 e. The lowest BCUT2D eigenvalue weighted by Crippen LogP contribution is -2.09. The normalized spacial score (nSPS) is 12.3. The largest absolute Gasteiger partial charge is 0.325 e. The van der Waals surface area contributed by atoms with Crippen molar-refractivity contribution in [3.8, 4) is 11.1 Å². The molecule has 0 N–H and O–H groups in total. The molecule has 7 aromatic rings. The van der Waals surface area contributed by atoms with Gasteiger partial charge in [0.15, 0.2) is 10.8 Å². The molecule has 0 fully saturated rings. The molecule has 3 aromatic heterocycles. The zero-order valence-electron chi connectivity index (χ0n) is 24.3. The summed E-state index contributed by atoms with van der Waals surface area (Å²) < 4.78 is 4.01. The van der Waals surface area contributed by atoms with Gasteiger partial charge in [-0.2, -0.15) is 4.52 Å². The lowest BCUT2D eigenvalue weighted by molar-refractivity contribution is 0.723. The molecule has 0 saturated carbocycles. The number of pyridine rings is 1. The zero-order chi connectivity index (χ0) is 29.7. The van der Waals surface area contributed by atoms with Crippen LogP contribution in [0.4, 0.5) is 0 Å². The Balaban J connectivity index is 1.41. The van der Waals surface area contributed by atoms with Crippen LogP contribution >= 0.6 is 23.4 Å². The highest BCUT2D eigenvalue weighted by Crippen LogP contribution is 2.39. The number of benzene rings is 4. The molecule has 3 heterocycles. The molecule has 6 nitrogen and oxygen atoms in total. The summed E-state index contributed by atoms with van der Waals surface area (Å²) in [5, 5.41) is 15.2. The maximum atomic E-state index is 6.44. The fourth-order valence-electron chi connectivity index (χ4n) is 5.85. The molecule has 0 spiro atoms. The Hall–Kier alpha value is -4.46. The van der Waals surface area contributed by atoms with Crippen LogP contribution in [0.2, 0.25) is 5.02 Å². The molecule has 4 aromatic carbocycles. The SMILES string of the molecule is Cc1ccc(C(c2ccc3c(c2)c(-c2cccc(Cl)c2)cc2nnnn23)c2cnc(Sc3cc(C)cc(C)c3)n2C)cc1. The van der Waals surface area contributed by atoms with Gasteiger partial charge in [0.2, 0.25) is 0 Å². The van der Waals surface area contributed by atoms with E-state index in [9.17, 15) is 0 Å². The van der Waals surface area contributed by atoms with Crippen molar-refractivity contribution >= 4 is 39.9 Å². The fraction of sp³-hybridized carbons (Fsp3) is 0.143. The van der Waals surface area contributed by atoms with Gasteiger partial charge in [-0.25, -0.2) is 4.98 Å². The number of imidazole rings is 1. The number of tetrazole rings is 1. The lowest BCUT2D eigenvalue weighted by atomic mass is 9.86. The molecule has 0 aliphatic heterocycles. The predicted molar refractivity (Wildman–Crippen MR) is 174 cm³/mol. The molecule has 1 atom stereocenters. The monoisotopic (exact) mass is 600 g/mol. The first-order valence-electron chi connectivity index (χ1n) is 14.1. The molecular formula is C35H29ClN6S. The van der Waals surface area contributed by atoms with Crippen molar-refractivity contribution in [1.29, 1.82) is 0 Å². The zero-order valence-corrected chi connectivity index (χ0v) is 25.9. The van der Waals surface area contributed by atoms with Crippen LogP contribution < -0.4 is 0 Å². The molecule has 0 saturated heterocycles. The van der Waals surface area contributed by atoms with Crippen LogP contribution in [0.25, 0.3) is 27.7 Å². The second kappa shape index (κ2) is 11.0. The van der Waals surface area contributed by atoms with Gasteiger partial charge in [0.1, 0.15) is 0 Å². The summed E-state index contributed by atoms with van der Waals surface area (Å²) in [7, 11) is 2.11. The van der Waals surface area contributed by atoms with Crippen molar-refractivity contribution in [2.24, 2.45) is 7.05 Å². The first-order chi connectivity index (χ1) is 20.8. The third kappa shape index (κ3) is 5.19. The van der Waals surface area contributed by atoms with Crippen LogP contribution in [0.15, 0.2) is 107 Å². The minimum Gasteiger partial charge on any atom is -0.325 e. The van der Waals surface area contributed by atoms with Crippen LogP contribution in [-0.4, -0.2) is 29.6 Å². The standard InChI is InChI=1S/C35H29ClN6S/c1-21-8-10-24(11-9-21)34(32-20-37-35(41(32)4)43-28-15-22(2)14-23(3)16-28)26-12-13-31-30(18-26)29(19-33-38-39-40-42(31)33)25-6-5-7-27(36)17-25/h5-20,34H,1-4H3. The molecule has 43 heavy (non-hydrogen) atoms. The minimum absolute atomic E-state index is 0.0483. The van der Waals surface area contributed by atoms with Gasteiger partial charge >= 0.3 is 0 Å². The topological polar surface area (TPSA) is 60.9 Å². The highest BCUT2D eigenvalue weighted by atomic mass is 35.5. The Morgan fingerprint density at radius 3 is 2.33 bits per heavy atom. The van der Waals surface area contributed by atoms with Crippen molar-refractivity contribution in [3.05, 3.63) is 136 Å². The van der Waals surface area contributed by atoms with Gasteiger partial charge in [-0.05, 0) is 107 Å². The van der Waals surface area contributed by atoms with E-state index in [-0.39, 0.29) is 5.92 Å². The number of rotatable bonds is 6. The quantitative estimate of drug-likeness (QED) is 0.191. The highest BCUT2D eigenvalue weighted by molar-refractivity contribution is 7.99. The van der Waals surface area contributed by atoms with E-state index in [1.807, 2.05) is 30.5 Å². The van der Waals surface area contributed by atoms with E-state index in [2.05, 4.69) is 115 Å². The molecule has 8 heteroatoms. The van der Waals surface area contributed by atoms with E-state index in [4.69, 9.17) is 16.6 Å². The predicted octanol–water partition coefficient (Wildman–Crippen LogP) is 8.59. The number of hydrogen-bond acceptors (Lipinski definition) is 5. The summed E-state index contributed by atoms with van der Waals surface area (Å²) in [6, 6.07) is 31.9. The average molecular weight is 601 g/mol. The van der Waals surface area contributed by atoms with E-state index in [1.54, 1.807) is 16.3 Å². The highest BCUT2D eigenvalue weighted by Gasteiger charge is 2.24. The molecule has 0 aliphatic rings. The van der Waals surface area contributed by atoms with Crippen LogP contribution in [0.3, 0.4) is 0 Å². The van der Waals surface area contributed by atoms with E-state index < -0.39 is 0 Å². The average Bonchev–Trinajstić information content (AvgIpc) is 3.60. The van der Waals surface area contributed by atoms with Crippen LogP contribution in [-0.2, 0) is 7.05 Å². The van der Waals surface area contributed by atoms with Gasteiger partial charge in [-0.3, -0.25) is 0 Å². The van der Waals surface area contributed by atoms with Crippen molar-refractivity contribution < 1.29 is 0 Å².